The summed E-state index contributed by atoms with van der Waals surface area (Å²) in [6.45, 7) is 2.92. The summed E-state index contributed by atoms with van der Waals surface area (Å²) in [6, 6.07) is -0.431. The van der Waals surface area contributed by atoms with Crippen molar-refractivity contribution in [3.63, 3.8) is 0 Å². The summed E-state index contributed by atoms with van der Waals surface area (Å²) in [5, 5.41) is 8.88. The molecule has 1 atom stereocenters. The Morgan fingerprint density at radius 3 is 2.67 bits per heavy atom. The van der Waals surface area contributed by atoms with Gasteiger partial charge in [0.2, 0.25) is 0 Å². The van der Waals surface area contributed by atoms with Gasteiger partial charge in [-0.05, 0) is 26.2 Å². The van der Waals surface area contributed by atoms with E-state index in [-0.39, 0.29) is 6.03 Å². The van der Waals surface area contributed by atoms with Crippen molar-refractivity contribution < 1.29 is 14.7 Å². The minimum absolute atomic E-state index is 0.0985. The number of carboxylic acids is 1. The van der Waals surface area contributed by atoms with Crippen molar-refractivity contribution in [3.05, 3.63) is 0 Å². The molecule has 2 rings (SSSR count). The highest BCUT2D eigenvalue weighted by molar-refractivity contribution is 5.83. The second kappa shape index (κ2) is 3.72. The Hall–Kier alpha value is -1.26. The van der Waals surface area contributed by atoms with E-state index in [9.17, 15) is 9.59 Å². The molecule has 1 saturated heterocycles. The van der Waals surface area contributed by atoms with Crippen LogP contribution in [0.4, 0.5) is 4.79 Å². The minimum Gasteiger partial charge on any atom is -0.480 e. The highest BCUT2D eigenvalue weighted by atomic mass is 16.4. The third kappa shape index (κ3) is 1.91. The molecule has 0 aromatic heterocycles. The molecule has 1 aliphatic heterocycles. The van der Waals surface area contributed by atoms with Crippen LogP contribution in [0.2, 0.25) is 0 Å². The van der Waals surface area contributed by atoms with E-state index in [1.54, 1.807) is 6.92 Å². The molecule has 84 valence electrons. The number of rotatable bonds is 3. The molecule has 15 heavy (non-hydrogen) atoms. The molecule has 0 bridgehead atoms. The largest absolute Gasteiger partial charge is 0.480 e. The summed E-state index contributed by atoms with van der Waals surface area (Å²) in [5.41, 5.74) is 0. The van der Waals surface area contributed by atoms with Crippen molar-refractivity contribution in [2.24, 2.45) is 0 Å². The van der Waals surface area contributed by atoms with Crippen LogP contribution < -0.4 is 0 Å². The van der Waals surface area contributed by atoms with Gasteiger partial charge in [-0.1, -0.05) is 0 Å². The average Bonchev–Trinajstić information content (AvgIpc) is 3.00. The maximum atomic E-state index is 11.9. The number of nitrogens with zero attached hydrogens (tertiary/aromatic N) is 2. The average molecular weight is 212 g/mol. The van der Waals surface area contributed by atoms with Gasteiger partial charge in [-0.25, -0.2) is 9.59 Å². The van der Waals surface area contributed by atoms with Gasteiger partial charge in [0.15, 0.2) is 0 Å². The Morgan fingerprint density at radius 1 is 1.47 bits per heavy atom. The van der Waals surface area contributed by atoms with Crippen LogP contribution >= 0.6 is 0 Å². The summed E-state index contributed by atoms with van der Waals surface area (Å²) in [4.78, 5) is 26.1. The van der Waals surface area contributed by atoms with Crippen LogP contribution in [0.1, 0.15) is 26.2 Å². The molecule has 0 radical (unpaired) electrons. The van der Waals surface area contributed by atoms with E-state index in [1.807, 2.05) is 4.90 Å². The van der Waals surface area contributed by atoms with Gasteiger partial charge >= 0.3 is 12.0 Å². The van der Waals surface area contributed by atoms with Crippen LogP contribution in [0.5, 0.6) is 0 Å². The van der Waals surface area contributed by atoms with Crippen molar-refractivity contribution in [1.82, 2.24) is 9.80 Å². The fraction of sp³-hybridized carbons (Fsp3) is 0.800. The highest BCUT2D eigenvalue weighted by Gasteiger charge is 2.39. The Balaban J connectivity index is 2.05. The molecule has 2 aliphatic rings. The summed E-state index contributed by atoms with van der Waals surface area (Å²) in [5.74, 6) is -0.930. The van der Waals surface area contributed by atoms with Crippen LogP contribution in [-0.2, 0) is 4.79 Å². The molecule has 2 fully saturated rings. The number of aliphatic carboxylic acids is 1. The zero-order valence-corrected chi connectivity index (χ0v) is 8.85. The lowest BCUT2D eigenvalue weighted by atomic mass is 10.2. The summed E-state index contributed by atoms with van der Waals surface area (Å²) < 4.78 is 0. The fourth-order valence-corrected chi connectivity index (χ4v) is 1.99. The molecular weight excluding hydrogens is 196 g/mol. The number of carbonyl (C=O) groups excluding carboxylic acids is 1. The van der Waals surface area contributed by atoms with Crippen LogP contribution in [0, 0.1) is 0 Å². The standard InChI is InChI=1S/C10H16N2O3/c1-7(9(13)14)11-5-2-6-12(10(11)15)8-3-4-8/h7-8H,2-6H2,1H3,(H,13,14). The number of carboxylic acid groups (broad SMARTS) is 1. The Kier molecular flexibility index (Phi) is 2.54. The van der Waals surface area contributed by atoms with Gasteiger partial charge in [0.05, 0.1) is 0 Å². The molecule has 1 saturated carbocycles. The van der Waals surface area contributed by atoms with Crippen LogP contribution in [0.25, 0.3) is 0 Å². The van der Waals surface area contributed by atoms with Crippen molar-refractivity contribution in [2.75, 3.05) is 13.1 Å². The second-order valence-electron chi connectivity index (χ2n) is 4.27. The van der Waals surface area contributed by atoms with E-state index in [0.29, 0.717) is 12.6 Å². The monoisotopic (exact) mass is 212 g/mol. The van der Waals surface area contributed by atoms with Gasteiger partial charge in [-0.15, -0.1) is 0 Å². The first kappa shape index (κ1) is 10.3. The zero-order valence-electron chi connectivity index (χ0n) is 8.85. The van der Waals surface area contributed by atoms with E-state index in [4.69, 9.17) is 5.11 Å². The van der Waals surface area contributed by atoms with Gasteiger partial charge < -0.3 is 14.9 Å². The van der Waals surface area contributed by atoms with Gasteiger partial charge in [-0.2, -0.15) is 0 Å². The zero-order chi connectivity index (χ0) is 11.0. The summed E-state index contributed by atoms with van der Waals surface area (Å²) >= 11 is 0. The first-order valence-electron chi connectivity index (χ1n) is 5.41. The molecule has 2 amide bonds. The smallest absolute Gasteiger partial charge is 0.326 e. The lowest BCUT2D eigenvalue weighted by Crippen LogP contribution is -2.55. The maximum absolute atomic E-state index is 11.9. The lowest BCUT2D eigenvalue weighted by molar-refractivity contribution is -0.142. The van der Waals surface area contributed by atoms with Crippen LogP contribution in [0.15, 0.2) is 0 Å². The number of amides is 2. The summed E-state index contributed by atoms with van der Waals surface area (Å²) in [7, 11) is 0. The van der Waals surface area contributed by atoms with Crippen molar-refractivity contribution in [2.45, 2.75) is 38.3 Å². The van der Waals surface area contributed by atoms with Gasteiger partial charge in [0, 0.05) is 19.1 Å². The molecule has 1 aliphatic carbocycles. The van der Waals surface area contributed by atoms with E-state index in [0.717, 1.165) is 25.8 Å². The first-order valence-corrected chi connectivity index (χ1v) is 5.41. The number of carbonyl (C=O) groups is 2. The molecule has 0 spiro atoms. The fourth-order valence-electron chi connectivity index (χ4n) is 1.99. The number of hydrogen-bond acceptors (Lipinski definition) is 2. The second-order valence-corrected chi connectivity index (χ2v) is 4.27. The van der Waals surface area contributed by atoms with Gasteiger partial charge in [0.1, 0.15) is 6.04 Å². The topological polar surface area (TPSA) is 60.9 Å². The van der Waals surface area contributed by atoms with Crippen molar-refractivity contribution in [3.8, 4) is 0 Å². The van der Waals surface area contributed by atoms with E-state index >= 15 is 0 Å². The molecule has 5 nitrogen and oxygen atoms in total. The minimum atomic E-state index is -0.930. The predicted octanol–water partition coefficient (Wildman–Crippen LogP) is 0.750. The predicted molar refractivity (Wildman–Crippen MR) is 53.5 cm³/mol. The SMILES string of the molecule is CC(C(=O)O)N1CCCN(C2CC2)C1=O. The molecule has 0 aromatic rings. The normalized spacial score (nSPS) is 24.2. The van der Waals surface area contributed by atoms with E-state index in [1.165, 1.54) is 4.90 Å². The molecule has 1 unspecified atom stereocenters. The van der Waals surface area contributed by atoms with Crippen LogP contribution in [0.3, 0.4) is 0 Å². The molecular formula is C10H16N2O3. The van der Waals surface area contributed by atoms with Crippen LogP contribution in [-0.4, -0.2) is 52.1 Å². The van der Waals surface area contributed by atoms with Gasteiger partial charge in [-0.3, -0.25) is 0 Å². The van der Waals surface area contributed by atoms with Crippen molar-refractivity contribution in [1.29, 1.82) is 0 Å². The molecule has 1 N–H and O–H groups in total. The van der Waals surface area contributed by atoms with Crippen molar-refractivity contribution >= 4 is 12.0 Å². The Bertz CT molecular complexity index is 288. The highest BCUT2D eigenvalue weighted by Crippen LogP contribution is 2.30. The Labute approximate surface area is 88.6 Å². The number of hydrogen-bond donors (Lipinski definition) is 1. The first-order chi connectivity index (χ1) is 7.11. The maximum Gasteiger partial charge on any atom is 0.326 e. The Morgan fingerprint density at radius 2 is 2.13 bits per heavy atom. The third-order valence-electron chi connectivity index (χ3n) is 3.10. The summed E-state index contributed by atoms with van der Waals surface area (Å²) in [6.07, 6.45) is 3.02. The van der Waals surface area contributed by atoms with E-state index < -0.39 is 12.0 Å². The quantitative estimate of drug-likeness (QED) is 0.751. The number of urea groups is 1. The van der Waals surface area contributed by atoms with Gasteiger partial charge in [0.25, 0.3) is 0 Å². The lowest BCUT2D eigenvalue weighted by Gasteiger charge is -2.37. The molecule has 5 heteroatoms. The molecule has 1 heterocycles. The van der Waals surface area contributed by atoms with E-state index in [2.05, 4.69) is 0 Å². The molecule has 0 aromatic carbocycles. The third-order valence-corrected chi connectivity index (χ3v) is 3.10.